The van der Waals surface area contributed by atoms with Gasteiger partial charge in [0.15, 0.2) is 0 Å². The molecule has 11 aromatic carbocycles. The summed E-state index contributed by atoms with van der Waals surface area (Å²) in [4.78, 5) is 105. The highest BCUT2D eigenvalue weighted by Gasteiger charge is 2.36. The normalized spacial score (nSPS) is 12.8. The van der Waals surface area contributed by atoms with Gasteiger partial charge in [-0.15, -0.1) is 0 Å². The van der Waals surface area contributed by atoms with Crippen LogP contribution in [0, 0.1) is 65.2 Å². The average molecular weight is 1790 g/mol. The highest BCUT2D eigenvalue weighted by Crippen LogP contribution is 2.43. The van der Waals surface area contributed by atoms with Crippen molar-refractivity contribution in [3.05, 3.63) is 255 Å². The number of fused-ring (bicyclic) bond motifs is 4. The van der Waals surface area contributed by atoms with Crippen molar-refractivity contribution in [2.75, 3.05) is 27.3 Å². The van der Waals surface area contributed by atoms with E-state index in [1.54, 1.807) is 30.3 Å². The summed E-state index contributed by atoms with van der Waals surface area (Å²) in [7, 11) is 2.56. The van der Waals surface area contributed by atoms with E-state index in [9.17, 15) is 43.5 Å². The number of pyridine rings is 2. The van der Waals surface area contributed by atoms with E-state index in [4.69, 9.17) is 28.6 Å². The Labute approximate surface area is 780 Å². The lowest BCUT2D eigenvalue weighted by Gasteiger charge is -2.30. The van der Waals surface area contributed by atoms with Crippen LogP contribution in [-0.4, -0.2) is 77.3 Å². The second kappa shape index (κ2) is 49.7. The number of hydrogen-bond donors (Lipinski definition) is 2. The van der Waals surface area contributed by atoms with E-state index in [0.29, 0.717) is 92.2 Å². The smallest absolute Gasteiger partial charge is 0.497 e. The Balaban J connectivity index is 0.000000201. The summed E-state index contributed by atoms with van der Waals surface area (Å²) in [6.07, 6.45) is 18.0. The third-order valence-electron chi connectivity index (χ3n) is 25.7. The number of imide groups is 1. The third-order valence-corrected chi connectivity index (χ3v) is 25.7. The molecule has 18 nitrogen and oxygen atoms in total. The van der Waals surface area contributed by atoms with Crippen LogP contribution in [0.5, 0.6) is 5.75 Å². The Morgan fingerprint density at radius 2 is 0.735 bits per heavy atom. The van der Waals surface area contributed by atoms with Crippen LogP contribution in [0.15, 0.2) is 186 Å². The summed E-state index contributed by atoms with van der Waals surface area (Å²) < 4.78 is 30.0. The van der Waals surface area contributed by atoms with Crippen molar-refractivity contribution < 1.29 is 47.2 Å². The molecule has 0 spiro atoms. The Bertz CT molecular complexity index is 6550. The van der Waals surface area contributed by atoms with Gasteiger partial charge in [0.05, 0.1) is 11.1 Å². The van der Waals surface area contributed by atoms with Crippen LogP contribution in [0.25, 0.3) is 109 Å². The fourth-order valence-corrected chi connectivity index (χ4v) is 18.4. The number of amides is 2. The molecule has 4 atom stereocenters. The van der Waals surface area contributed by atoms with Gasteiger partial charge in [-0.2, -0.15) is 0 Å². The average Bonchev–Trinajstić information content (AvgIpc) is 0.703. The van der Waals surface area contributed by atoms with Crippen LogP contribution in [0.2, 0.25) is 0 Å². The Hall–Kier alpha value is -11.6. The van der Waals surface area contributed by atoms with Gasteiger partial charge in [0.1, 0.15) is 28.1 Å². The van der Waals surface area contributed by atoms with Crippen molar-refractivity contribution in [1.29, 1.82) is 0 Å². The zero-order chi connectivity index (χ0) is 95.8. The molecule has 0 fully saturated rings. The minimum atomic E-state index is -0.557. The molecule has 2 amide bonds. The monoisotopic (exact) mass is 1790 g/mol. The van der Waals surface area contributed by atoms with Gasteiger partial charge in [-0.25, -0.2) is 9.59 Å². The number of ether oxygens (including phenoxy) is 1. The van der Waals surface area contributed by atoms with Gasteiger partial charge in [0.25, 0.3) is 34.1 Å². The summed E-state index contributed by atoms with van der Waals surface area (Å²) in [5.74, 6) is 0.622. The number of aromatic hydroxyl groups is 1. The molecule has 0 saturated heterocycles. The standard InChI is InChI=1S/C28H29NO3.C26H25NO3.C22H27NO2.C14H10O3.C8H11BO3.C8H19N.3C2H6.CH4/c1-5-7-10-18(6-2)15-29-27(30)20-13-16(3)23-19-11-8-9-12-22(19)32-26-17(4)14-21(28(29)31)24(20)25(23)26;1-3-5-8-16(4-2)15-27-25(28)19-12-11-18-17-9-6-7-10-21(17)30-22-14-13-20(26(27)29)23(19)24(18)22;1-5-7-8-16(6-2)13-23-21(24)17-11-9-14(3)19-15(4)10-12-18(20(17)19)22(23)25;1-7-3-5-9-12-10(14(16)17-13(9)15)6-4-8(2)11(7)12;1-11-9(12-2)7-5-3-4-6-8(7)10;1-3-5-6-8(4-2)7-9;3*1-2;/h8-9,11-14,18H,5-7,10,15H2,1-4H3;6-7,9-14,16H,3-5,8,15H2,1-2H3;9-12,16H,5-8,13H2,1-4H3;3-6H,1-2H3;3-6,10H,1-2H3;8H,3-7,9H2,1-2H3;3*1-2H3;1H4. The number of carbonyl (C=O) groups is 4. The van der Waals surface area contributed by atoms with E-state index in [1.807, 2.05) is 210 Å². The van der Waals surface area contributed by atoms with Crippen molar-refractivity contribution in [3.63, 3.8) is 0 Å². The van der Waals surface area contributed by atoms with Crippen LogP contribution >= 0.6 is 0 Å². The molecule has 15 aromatic rings. The predicted octanol–water partition coefficient (Wildman–Crippen LogP) is 27.0. The van der Waals surface area contributed by atoms with E-state index >= 15 is 0 Å². The number of hydrogen-bond acceptors (Lipinski definition) is 15. The molecule has 702 valence electrons. The third kappa shape index (κ3) is 22.5. The second-order valence-corrected chi connectivity index (χ2v) is 34.0. The van der Waals surface area contributed by atoms with Gasteiger partial charge < -0.3 is 33.7 Å². The number of unbranched alkanes of at least 4 members (excludes halogenated alkanes) is 4. The second-order valence-electron chi connectivity index (χ2n) is 34.0. The summed E-state index contributed by atoms with van der Waals surface area (Å²) in [5.41, 5.74) is 17.1. The molecule has 132 heavy (non-hydrogen) atoms. The molecule has 2 aliphatic heterocycles. The van der Waals surface area contributed by atoms with Crippen molar-refractivity contribution in [1.82, 2.24) is 14.0 Å². The van der Waals surface area contributed by atoms with Gasteiger partial charge in [-0.1, -0.05) is 266 Å². The first-order chi connectivity index (χ1) is 63.3. The van der Waals surface area contributed by atoms with E-state index in [-0.39, 0.29) is 47.2 Å². The van der Waals surface area contributed by atoms with Crippen molar-refractivity contribution in [2.45, 2.75) is 262 Å². The van der Waals surface area contributed by atoms with Crippen LogP contribution in [0.1, 0.15) is 282 Å². The number of phenols is 1. The van der Waals surface area contributed by atoms with E-state index in [0.717, 1.165) is 204 Å². The van der Waals surface area contributed by atoms with Crippen LogP contribution in [0.3, 0.4) is 0 Å². The summed E-state index contributed by atoms with van der Waals surface area (Å²) in [6, 6.07) is 49.1. The Kier molecular flexibility index (Phi) is 39.8. The molecule has 4 aromatic heterocycles. The number of carbonyl (C=O) groups excluding carboxylic acids is 4. The summed E-state index contributed by atoms with van der Waals surface area (Å²) in [5, 5.41) is 22.7. The lowest BCUT2D eigenvalue weighted by atomic mass is 9.78. The van der Waals surface area contributed by atoms with E-state index in [1.165, 1.54) is 53.9 Å². The first-order valence-electron chi connectivity index (χ1n) is 48.0. The SMILES string of the molecule is C.CC.CC.CC.CCCCC(CC)CN.CCCCC(CC)CN1C(=O)c2ccc(C)c3c(C)ccc(c23)C1=O.CCCCC(CC)Cn1c(=O)c2cc(C)c3oc4ccccc4c4c(C)cc(c1=O)c2c34.CCCCC(CC)Cn1c(=O)c2ccc3oc4ccccc4c4ccc(c1=O)c2c34.COB(OC)c1ccccc1O.Cc1ccc2c3c(ccc(C)c13)C(=O)OC2=O. The van der Waals surface area contributed by atoms with Crippen LogP contribution < -0.4 is 33.4 Å². The first-order valence-corrected chi connectivity index (χ1v) is 48.0. The molecule has 19 heteroatoms. The number of para-hydroxylation sites is 3. The highest BCUT2D eigenvalue weighted by molar-refractivity contribution is 6.62. The zero-order valence-corrected chi connectivity index (χ0v) is 81.7. The van der Waals surface area contributed by atoms with Crippen LogP contribution in [-0.2, 0) is 27.1 Å². The fourth-order valence-electron chi connectivity index (χ4n) is 18.4. The molecule has 3 N–H and O–H groups in total. The molecular weight excluding hydrogens is 1650 g/mol. The number of aryl methyl sites for hydroxylation is 6. The molecule has 0 aliphatic carbocycles. The molecule has 6 heterocycles. The quantitative estimate of drug-likeness (QED) is 0.0128. The van der Waals surface area contributed by atoms with Gasteiger partial charge in [0.2, 0.25) is 0 Å². The molecule has 4 unspecified atom stereocenters. The molecule has 0 bridgehead atoms. The number of nitrogens with zero attached hydrogens (tertiary/aromatic N) is 3. The van der Waals surface area contributed by atoms with Crippen molar-refractivity contribution in [2.24, 2.45) is 29.4 Å². The number of nitrogens with two attached hydrogens (primary N) is 1. The molecule has 0 saturated carbocycles. The van der Waals surface area contributed by atoms with Gasteiger partial charge >= 0.3 is 19.1 Å². The minimum Gasteiger partial charge on any atom is -0.508 e. The van der Waals surface area contributed by atoms with E-state index in [2.05, 4.69) is 55.4 Å². The maximum Gasteiger partial charge on any atom is 0.497 e. The van der Waals surface area contributed by atoms with Crippen molar-refractivity contribution >= 4 is 145 Å². The van der Waals surface area contributed by atoms with Crippen LogP contribution in [0.4, 0.5) is 0 Å². The maximum atomic E-state index is 13.6. The molecule has 2 aliphatic rings. The van der Waals surface area contributed by atoms with E-state index < -0.39 is 19.1 Å². The first kappa shape index (κ1) is 106. The summed E-state index contributed by atoms with van der Waals surface area (Å²) in [6.45, 7) is 43.8. The number of benzene rings is 11. The van der Waals surface area contributed by atoms with Crippen molar-refractivity contribution in [3.8, 4) is 5.75 Å². The maximum absolute atomic E-state index is 13.6. The topological polar surface area (TPSA) is 250 Å². The number of phenolic OH excluding ortho intramolecular Hbond substituents is 1. The van der Waals surface area contributed by atoms with Gasteiger partial charge in [-0.3, -0.25) is 42.8 Å². The largest absolute Gasteiger partial charge is 0.508 e. The number of cyclic esters (lactones) is 2. The lowest BCUT2D eigenvalue weighted by molar-refractivity contribution is 0.0389. The fraction of sp³-hybridized carbons (Fsp3) is 0.416. The predicted molar refractivity (Wildman–Crippen MR) is 553 cm³/mol. The Morgan fingerprint density at radius 1 is 0.356 bits per heavy atom. The number of aromatic nitrogens is 2. The molecular formula is C113H143BN4O14. The number of esters is 2. The number of rotatable bonds is 26. The van der Waals surface area contributed by atoms with Gasteiger partial charge in [0, 0.05) is 115 Å². The summed E-state index contributed by atoms with van der Waals surface area (Å²) >= 11 is 0. The minimum absolute atomic E-state index is 0. The molecule has 0 radical (unpaired) electrons. The highest BCUT2D eigenvalue weighted by atomic mass is 16.6. The molecule has 17 rings (SSSR count). The lowest BCUT2D eigenvalue weighted by Crippen LogP contribution is -2.43. The zero-order valence-electron chi connectivity index (χ0n) is 81.7. The Morgan fingerprint density at radius 3 is 1.18 bits per heavy atom. The van der Waals surface area contributed by atoms with Gasteiger partial charge in [-0.05, 0) is 225 Å².